The molecule has 5 nitrogen and oxygen atoms in total. The standard InChI is InChI=1S/C10H18I2NO4/c1-10(2,3)16-9(14)8-5-4-7(6-15-8)17-12-11-13-12/h7-8,13H,4-6H2,1-3H3/q-1. The van der Waals surface area contributed by atoms with E-state index >= 15 is 0 Å². The molecule has 2 aliphatic heterocycles. The fourth-order valence-corrected chi connectivity index (χ4v) is 9.16. The van der Waals surface area contributed by atoms with E-state index in [0.717, 1.165) is 6.42 Å². The van der Waals surface area contributed by atoms with Gasteiger partial charge < -0.3 is 0 Å². The number of hydrogen-bond donors (Lipinski definition) is 1. The summed E-state index contributed by atoms with van der Waals surface area (Å²) in [5.41, 5.74) is -0.441. The molecule has 17 heavy (non-hydrogen) atoms. The van der Waals surface area contributed by atoms with Crippen LogP contribution in [0.4, 0.5) is 0 Å². The summed E-state index contributed by atoms with van der Waals surface area (Å²) in [6, 6.07) is 0. The topological polar surface area (TPSA) is 66.7 Å². The Morgan fingerprint density at radius 2 is 2.18 bits per heavy atom. The van der Waals surface area contributed by atoms with Crippen LogP contribution in [0.25, 0.3) is 0 Å². The Balaban J connectivity index is 1.72. The van der Waals surface area contributed by atoms with Gasteiger partial charge in [-0.25, -0.2) is 0 Å². The van der Waals surface area contributed by atoms with Gasteiger partial charge in [0.2, 0.25) is 0 Å². The molecule has 0 aliphatic carbocycles. The van der Waals surface area contributed by atoms with Crippen LogP contribution in [-0.4, -0.2) is 30.4 Å². The van der Waals surface area contributed by atoms with Crippen molar-refractivity contribution in [3.05, 3.63) is 0 Å². The van der Waals surface area contributed by atoms with Crippen molar-refractivity contribution < 1.29 is 34.8 Å². The zero-order chi connectivity index (χ0) is 12.5. The third-order valence-electron chi connectivity index (χ3n) is 2.24. The number of ether oxygens (including phenoxy) is 2. The predicted octanol–water partition coefficient (Wildman–Crippen LogP) is -1.25. The van der Waals surface area contributed by atoms with Gasteiger partial charge in [-0.2, -0.15) is 0 Å². The van der Waals surface area contributed by atoms with Crippen molar-refractivity contribution in [1.82, 2.24) is 1.74 Å². The van der Waals surface area contributed by atoms with Gasteiger partial charge in [0.05, 0.1) is 0 Å². The first kappa shape index (κ1) is 14.2. The Labute approximate surface area is 116 Å². The minimum absolute atomic E-state index is 0.202. The van der Waals surface area contributed by atoms with Crippen LogP contribution in [0.2, 0.25) is 0 Å². The van der Waals surface area contributed by atoms with Crippen molar-refractivity contribution in [3.63, 3.8) is 0 Å². The summed E-state index contributed by atoms with van der Waals surface area (Å²) in [4.78, 5) is 11.8. The second-order valence-corrected chi connectivity index (χ2v) is 17.9. The van der Waals surface area contributed by atoms with Gasteiger partial charge >= 0.3 is 117 Å². The number of hydrogen-bond acceptors (Lipinski definition) is 5. The molecule has 2 rings (SSSR count). The second-order valence-electron chi connectivity index (χ2n) is 4.99. The molecule has 2 heterocycles. The van der Waals surface area contributed by atoms with Crippen LogP contribution in [-0.2, 0) is 17.3 Å². The molecule has 2 unspecified atom stereocenters. The van der Waals surface area contributed by atoms with E-state index in [9.17, 15) is 4.79 Å². The molecule has 2 aliphatic rings. The van der Waals surface area contributed by atoms with Crippen LogP contribution in [0.15, 0.2) is 0 Å². The number of rotatable bonds is 3. The predicted molar refractivity (Wildman–Crippen MR) is 66.8 cm³/mol. The van der Waals surface area contributed by atoms with Gasteiger partial charge in [0, 0.05) is 0 Å². The third kappa shape index (κ3) is 5.13. The zero-order valence-corrected chi connectivity index (χ0v) is 14.5. The van der Waals surface area contributed by atoms with Crippen LogP contribution >= 0.6 is 16.5 Å². The molecule has 2 atom stereocenters. The van der Waals surface area contributed by atoms with E-state index in [-0.39, 0.29) is 29.6 Å². The summed E-state index contributed by atoms with van der Waals surface area (Å²) in [7, 11) is 0. The molecular formula is C10H18I2NO4-. The summed E-state index contributed by atoms with van der Waals surface area (Å²) >= 11 is -0.824. The van der Waals surface area contributed by atoms with Crippen molar-refractivity contribution in [3.8, 4) is 0 Å². The Kier molecular flexibility index (Phi) is 4.89. The van der Waals surface area contributed by atoms with Crippen LogP contribution in [0.5, 0.6) is 0 Å². The fraction of sp³-hybridized carbons (Fsp3) is 0.900. The summed E-state index contributed by atoms with van der Waals surface area (Å²) < 4.78 is 20.0. The van der Waals surface area contributed by atoms with Crippen molar-refractivity contribution in [1.29, 1.82) is 0 Å². The molecule has 7 heteroatoms. The van der Waals surface area contributed by atoms with E-state index < -0.39 is 28.2 Å². The maximum atomic E-state index is 11.8. The van der Waals surface area contributed by atoms with Gasteiger partial charge in [-0.3, -0.25) is 0 Å². The summed E-state index contributed by atoms with van der Waals surface area (Å²) in [6.07, 6.45) is 1.42. The maximum absolute atomic E-state index is 11.8. The van der Waals surface area contributed by atoms with Crippen molar-refractivity contribution in [2.75, 3.05) is 6.61 Å². The SMILES string of the molecule is CC(C)(C)OC(=O)C1CCC(OI2N[I-]2)CO1. The minimum atomic E-state index is -1.07. The quantitative estimate of drug-likeness (QED) is 0.242. The molecule has 0 amide bonds. The van der Waals surface area contributed by atoms with Gasteiger partial charge in [0.25, 0.3) is 0 Å². The molecule has 1 N–H and O–H groups in total. The monoisotopic (exact) mass is 470 g/mol. The molecule has 102 valence electrons. The molecule has 2 saturated heterocycles. The van der Waals surface area contributed by atoms with Crippen LogP contribution in [0, 0.1) is 0 Å². The van der Waals surface area contributed by atoms with Crippen LogP contribution < -0.4 is 19.2 Å². The van der Waals surface area contributed by atoms with E-state index in [1.54, 1.807) is 0 Å². The van der Waals surface area contributed by atoms with Gasteiger partial charge in [-0.1, -0.05) is 0 Å². The Bertz CT molecular complexity index is 283. The Morgan fingerprint density at radius 3 is 2.65 bits per heavy atom. The molecule has 0 aromatic rings. The molecule has 0 saturated carbocycles. The zero-order valence-electron chi connectivity index (χ0n) is 10.2. The Hall–Kier alpha value is 0.810. The second kappa shape index (κ2) is 5.85. The molecule has 0 radical (unpaired) electrons. The normalized spacial score (nSPS) is 31.6. The molecule has 0 bridgehead atoms. The molecule has 0 aromatic carbocycles. The molecular weight excluding hydrogens is 452 g/mol. The van der Waals surface area contributed by atoms with E-state index in [1.165, 1.54) is 0 Å². The summed E-state index contributed by atoms with van der Waals surface area (Å²) in [6.45, 7) is 6.14. The number of carbonyl (C=O) groups is 1. The molecule has 0 spiro atoms. The van der Waals surface area contributed by atoms with Gasteiger partial charge in [-0.15, -0.1) is 0 Å². The van der Waals surface area contributed by atoms with Crippen LogP contribution in [0.3, 0.4) is 0 Å². The van der Waals surface area contributed by atoms with Crippen molar-refractivity contribution in [2.24, 2.45) is 0 Å². The van der Waals surface area contributed by atoms with Gasteiger partial charge in [0.1, 0.15) is 0 Å². The first-order valence-electron chi connectivity index (χ1n) is 5.56. The average molecular weight is 470 g/mol. The molecule has 0 aromatic heterocycles. The fourth-order valence-electron chi connectivity index (χ4n) is 1.51. The number of esters is 1. The van der Waals surface area contributed by atoms with Crippen molar-refractivity contribution in [2.45, 2.75) is 51.4 Å². The number of halogens is 2. The summed E-state index contributed by atoms with van der Waals surface area (Å²) in [5, 5.41) is 0. The number of nitrogens with one attached hydrogen (secondary N) is 1. The van der Waals surface area contributed by atoms with E-state index in [4.69, 9.17) is 12.5 Å². The Morgan fingerprint density at radius 1 is 1.47 bits per heavy atom. The summed E-state index contributed by atoms with van der Waals surface area (Å²) in [5.74, 6) is -0.244. The van der Waals surface area contributed by atoms with Crippen LogP contribution in [0.1, 0.15) is 33.6 Å². The third-order valence-corrected chi connectivity index (χ3v) is 10.4. The first-order valence-corrected chi connectivity index (χ1v) is 14.9. The molecule has 2 fully saturated rings. The van der Waals surface area contributed by atoms with Gasteiger partial charge in [0.15, 0.2) is 0 Å². The number of carbonyl (C=O) groups excluding carboxylic acids is 1. The van der Waals surface area contributed by atoms with Gasteiger partial charge in [-0.05, 0) is 0 Å². The average Bonchev–Trinajstić information content (AvgIpc) is 3.00. The van der Waals surface area contributed by atoms with Crippen molar-refractivity contribution >= 4 is 22.5 Å². The first-order chi connectivity index (χ1) is 7.94. The van der Waals surface area contributed by atoms with E-state index in [0.29, 0.717) is 13.0 Å². The van der Waals surface area contributed by atoms with E-state index in [2.05, 4.69) is 1.74 Å². The van der Waals surface area contributed by atoms with E-state index in [1.807, 2.05) is 20.8 Å².